The van der Waals surface area contributed by atoms with Crippen molar-refractivity contribution in [2.75, 3.05) is 0 Å². The molecular weight excluding hydrogens is 869 g/mol. The van der Waals surface area contributed by atoms with Gasteiger partial charge in [0, 0.05) is 116 Å². The molecule has 0 fully saturated rings. The van der Waals surface area contributed by atoms with E-state index in [9.17, 15) is 0 Å². The van der Waals surface area contributed by atoms with Crippen LogP contribution in [-0.4, -0.2) is 68.2 Å². The normalized spacial score (nSPS) is 11.9. The number of aryl methyl sites for hydroxylation is 6. The Hall–Kier alpha value is -4.88. The Labute approximate surface area is 427 Å². The van der Waals surface area contributed by atoms with E-state index in [0.717, 1.165) is 79.8 Å². The van der Waals surface area contributed by atoms with Gasteiger partial charge in [0.25, 0.3) is 0 Å². The molecule has 14 heteroatoms. The third-order valence-electron chi connectivity index (χ3n) is 9.93. The van der Waals surface area contributed by atoms with Crippen LogP contribution in [0.3, 0.4) is 0 Å². The fourth-order valence-electron chi connectivity index (χ4n) is 6.66. The maximum absolute atomic E-state index is 4.36. The van der Waals surface area contributed by atoms with Crippen molar-refractivity contribution in [3.8, 4) is 0 Å². The average Bonchev–Trinajstić information content (AvgIpc) is 4.03. The second kappa shape index (κ2) is 27.7. The molecule has 0 bridgehead atoms. The predicted octanol–water partition coefficient (Wildman–Crippen LogP) is 12.6. The Kier molecular flexibility index (Phi) is 25.7. The summed E-state index contributed by atoms with van der Waals surface area (Å²) in [7, 11) is 10.0. The van der Waals surface area contributed by atoms with E-state index in [2.05, 4.69) is 211 Å². The number of imidazole rings is 4. The highest BCUT2D eigenvalue weighted by atomic mass is 15.3. The van der Waals surface area contributed by atoms with Crippen molar-refractivity contribution in [3.05, 3.63) is 95.7 Å². The molecule has 0 aliphatic carbocycles. The van der Waals surface area contributed by atoms with Crippen molar-refractivity contribution in [1.29, 1.82) is 0 Å². The maximum atomic E-state index is 4.36. The maximum Gasteiger partial charge on any atom is 0.151 e. The number of aromatic nitrogens is 14. The molecule has 6 rings (SSSR count). The van der Waals surface area contributed by atoms with Gasteiger partial charge in [-0.05, 0) is 52.8 Å². The summed E-state index contributed by atoms with van der Waals surface area (Å²) in [5.41, 5.74) is 5.44. The first-order chi connectivity index (χ1) is 31.2. The average molecular weight is 974 g/mol. The van der Waals surface area contributed by atoms with Crippen LogP contribution in [0.25, 0.3) is 0 Å². The van der Waals surface area contributed by atoms with Gasteiger partial charge in [0.2, 0.25) is 0 Å². The van der Waals surface area contributed by atoms with E-state index in [0.29, 0.717) is 21.7 Å². The molecule has 0 aromatic carbocycles. The molecule has 0 unspecified atom stereocenters. The van der Waals surface area contributed by atoms with Crippen molar-refractivity contribution in [2.45, 2.75) is 198 Å². The van der Waals surface area contributed by atoms with Gasteiger partial charge in [0.15, 0.2) is 5.82 Å². The predicted molar refractivity (Wildman–Crippen MR) is 295 cm³/mol. The molecule has 398 valence electrons. The van der Waals surface area contributed by atoms with Gasteiger partial charge in [-0.25, -0.2) is 24.9 Å². The van der Waals surface area contributed by atoms with E-state index >= 15 is 0 Å². The van der Waals surface area contributed by atoms with Gasteiger partial charge in [-0.2, -0.15) is 5.10 Å². The van der Waals surface area contributed by atoms with Crippen molar-refractivity contribution in [1.82, 2.24) is 68.2 Å². The number of rotatable bonds is 7. The van der Waals surface area contributed by atoms with Crippen molar-refractivity contribution >= 4 is 0 Å². The molecule has 0 aliphatic heterocycles. The molecule has 0 saturated heterocycles. The van der Waals surface area contributed by atoms with Crippen LogP contribution in [0.5, 0.6) is 0 Å². The van der Waals surface area contributed by atoms with E-state index in [1.165, 1.54) is 17.2 Å². The standard InChI is InChI=1S/C10H19N3.C10H18N2.3C9H16N2.C8H15N3.CH4/c1-6-8-11-12-9(13(8)5)7-10(2,3)4;1-8-7-11-9(12(8)5)6-10(2,3)4;1-9(2,3)5-8-6-11(4)7-10-8;1-7-6-10-8(11-7)5-9(2,3)4;1-9(2,3)7-8-10-5-6-11(8)4;1-8(2,3)5-7-9-6-11(4)10-7;/h6-7H2,1-5H3;7H,6H2,1-5H3;6-7H,5H2,1-4H3;6H,5H2,1-4H3,(H,10,11);5-6H,7H2,1-4H3;6H,5H2,1-4H3;1H4. The van der Waals surface area contributed by atoms with Crippen LogP contribution in [0, 0.1) is 46.3 Å². The molecule has 0 saturated carbocycles. The zero-order valence-electron chi connectivity index (χ0n) is 48.8. The smallest absolute Gasteiger partial charge is 0.151 e. The number of nitrogens with one attached hydrogen (secondary N) is 1. The minimum atomic E-state index is 0. The van der Waals surface area contributed by atoms with Crippen LogP contribution < -0.4 is 0 Å². The lowest BCUT2D eigenvalue weighted by atomic mass is 9.91. The molecule has 6 aromatic rings. The van der Waals surface area contributed by atoms with Crippen molar-refractivity contribution < 1.29 is 0 Å². The molecule has 6 aromatic heterocycles. The molecule has 6 heterocycles. The number of hydrogen-bond donors (Lipinski definition) is 1. The summed E-state index contributed by atoms with van der Waals surface area (Å²) in [5.74, 6) is 6.52. The van der Waals surface area contributed by atoms with Gasteiger partial charge in [0.1, 0.15) is 35.4 Å². The summed E-state index contributed by atoms with van der Waals surface area (Å²) in [6, 6.07) is 0. The Morgan fingerprint density at radius 1 is 0.500 bits per heavy atom. The quantitative estimate of drug-likeness (QED) is 0.167. The highest BCUT2D eigenvalue weighted by molar-refractivity contribution is 5.04. The fourth-order valence-corrected chi connectivity index (χ4v) is 6.66. The van der Waals surface area contributed by atoms with Crippen LogP contribution >= 0.6 is 0 Å². The van der Waals surface area contributed by atoms with E-state index in [1.807, 2.05) is 70.8 Å². The van der Waals surface area contributed by atoms with E-state index < -0.39 is 0 Å². The highest BCUT2D eigenvalue weighted by Crippen LogP contribution is 2.23. The van der Waals surface area contributed by atoms with Crippen molar-refractivity contribution in [2.24, 2.45) is 67.7 Å². The summed E-state index contributed by atoms with van der Waals surface area (Å²) in [4.78, 5) is 24.5. The second-order valence-corrected chi connectivity index (χ2v) is 26.1. The Bertz CT molecular complexity index is 2190. The van der Waals surface area contributed by atoms with Gasteiger partial charge >= 0.3 is 0 Å². The molecular formula is C56H104N14. The third kappa shape index (κ3) is 30.0. The van der Waals surface area contributed by atoms with Gasteiger partial charge < -0.3 is 23.3 Å². The summed E-state index contributed by atoms with van der Waals surface area (Å²) < 4.78 is 10.1. The zero-order chi connectivity index (χ0) is 53.3. The van der Waals surface area contributed by atoms with Crippen molar-refractivity contribution in [3.63, 3.8) is 0 Å². The lowest BCUT2D eigenvalue weighted by Crippen LogP contribution is -2.13. The van der Waals surface area contributed by atoms with Crippen LogP contribution in [-0.2, 0) is 80.2 Å². The first-order valence-corrected chi connectivity index (χ1v) is 24.9. The van der Waals surface area contributed by atoms with E-state index in [-0.39, 0.29) is 18.3 Å². The summed E-state index contributed by atoms with van der Waals surface area (Å²) >= 11 is 0. The molecule has 0 aliphatic rings. The molecule has 0 atom stereocenters. The second-order valence-electron chi connectivity index (χ2n) is 26.1. The van der Waals surface area contributed by atoms with Gasteiger partial charge in [-0.3, -0.25) is 4.68 Å². The fraction of sp³-hybridized carbons (Fsp3) is 0.714. The first kappa shape index (κ1) is 65.1. The highest BCUT2D eigenvalue weighted by Gasteiger charge is 2.18. The molecule has 0 amide bonds. The topological polar surface area (TPSA) is 144 Å². The monoisotopic (exact) mass is 973 g/mol. The zero-order valence-corrected chi connectivity index (χ0v) is 48.8. The number of aromatic amines is 1. The molecule has 0 radical (unpaired) electrons. The number of H-pyrrole nitrogens is 1. The van der Waals surface area contributed by atoms with Gasteiger partial charge in [0.05, 0.1) is 12.0 Å². The van der Waals surface area contributed by atoms with Crippen LogP contribution in [0.2, 0.25) is 0 Å². The summed E-state index contributed by atoms with van der Waals surface area (Å²) in [5, 5.41) is 12.5. The SMILES string of the molecule is C.CCc1nnc(CC(C)(C)C)n1C.Cc1cnc(CC(C)(C)C)[nH]1.Cc1cnc(CC(C)(C)C)n1C.Cn1ccnc1CC(C)(C)C.Cn1cnc(CC(C)(C)C)c1.Cn1cnc(CC(C)(C)C)n1. The minimum absolute atomic E-state index is 0. The number of hydrogen-bond acceptors (Lipinski definition) is 8. The summed E-state index contributed by atoms with van der Waals surface area (Å²) in [6.07, 6.45) is 20.3. The van der Waals surface area contributed by atoms with Crippen LogP contribution in [0.1, 0.15) is 191 Å². The Balaban J connectivity index is 0.000000815. The van der Waals surface area contributed by atoms with Gasteiger partial charge in [-0.15, -0.1) is 10.2 Å². The largest absolute Gasteiger partial charge is 0.346 e. The van der Waals surface area contributed by atoms with E-state index in [4.69, 9.17) is 0 Å². The minimum Gasteiger partial charge on any atom is -0.346 e. The Morgan fingerprint density at radius 2 is 1.00 bits per heavy atom. The molecule has 1 N–H and O–H groups in total. The Morgan fingerprint density at radius 3 is 1.36 bits per heavy atom. The lowest BCUT2D eigenvalue weighted by Gasteiger charge is -2.17. The molecule has 70 heavy (non-hydrogen) atoms. The molecule has 0 spiro atoms. The van der Waals surface area contributed by atoms with Gasteiger partial charge in [-0.1, -0.05) is 139 Å². The first-order valence-electron chi connectivity index (χ1n) is 24.9. The lowest BCUT2D eigenvalue weighted by molar-refractivity contribution is 0.394. The van der Waals surface area contributed by atoms with E-state index in [1.54, 1.807) is 11.0 Å². The molecule has 14 nitrogen and oxygen atoms in total. The van der Waals surface area contributed by atoms with Crippen LogP contribution in [0.4, 0.5) is 0 Å². The third-order valence-corrected chi connectivity index (χ3v) is 9.93. The summed E-state index contributed by atoms with van der Waals surface area (Å²) in [6.45, 7) is 46.1. The van der Waals surface area contributed by atoms with Crippen LogP contribution in [0.15, 0.2) is 43.6 Å². The number of nitrogens with zero attached hydrogens (tertiary/aromatic N) is 13.